The number of aliphatic carboxylic acids is 1. The van der Waals surface area contributed by atoms with Crippen LogP contribution in [-0.4, -0.2) is 63.3 Å². The number of likely N-dealkylation sites (tertiary alicyclic amines) is 1. The van der Waals surface area contributed by atoms with E-state index in [1.54, 1.807) is 16.4 Å². The lowest BCUT2D eigenvalue weighted by atomic mass is 9.89. The third-order valence-electron chi connectivity index (χ3n) is 6.67. The molecule has 3 N–H and O–H groups in total. The number of rotatable bonds is 7. The van der Waals surface area contributed by atoms with Crippen LogP contribution in [0.4, 0.5) is 14.5 Å². The number of nitrogens with zero attached hydrogens (tertiary/aromatic N) is 2. The van der Waals surface area contributed by atoms with Gasteiger partial charge in [0.25, 0.3) is 17.6 Å². The number of carboxylic acid groups (broad SMARTS) is 1. The van der Waals surface area contributed by atoms with Gasteiger partial charge < -0.3 is 20.3 Å². The molecule has 2 aromatic rings. The number of ketones is 1. The molecule has 3 heterocycles. The van der Waals surface area contributed by atoms with E-state index < -0.39 is 40.7 Å². The number of amides is 2. The highest BCUT2D eigenvalue weighted by Gasteiger charge is 2.38. The van der Waals surface area contributed by atoms with E-state index in [1.807, 2.05) is 0 Å². The number of carbonyl (C=O) groups excluding carboxylic acids is 3. The maximum Gasteiger partial charge on any atom is 0.317 e. The van der Waals surface area contributed by atoms with Crippen molar-refractivity contribution >= 4 is 40.9 Å². The van der Waals surface area contributed by atoms with Gasteiger partial charge in [0.2, 0.25) is 0 Å². The van der Waals surface area contributed by atoms with Gasteiger partial charge in [0.1, 0.15) is 5.69 Å². The Morgan fingerprint density at radius 2 is 1.81 bits per heavy atom. The van der Waals surface area contributed by atoms with Crippen LogP contribution in [0.25, 0.3) is 0 Å². The van der Waals surface area contributed by atoms with E-state index in [-0.39, 0.29) is 28.5 Å². The van der Waals surface area contributed by atoms with Gasteiger partial charge in [-0.05, 0) is 44.7 Å². The zero-order valence-electron chi connectivity index (χ0n) is 19.5. The zero-order chi connectivity index (χ0) is 26.2. The van der Waals surface area contributed by atoms with E-state index in [9.17, 15) is 28.0 Å². The highest BCUT2D eigenvalue weighted by Crippen LogP contribution is 2.34. The number of hydrogen-bond acceptors (Lipinski definition) is 5. The molecule has 12 heteroatoms. The quantitative estimate of drug-likeness (QED) is 0.380. The fraction of sp³-hybridized carbons (Fsp3) is 0.417. The molecule has 0 spiro atoms. The van der Waals surface area contributed by atoms with Crippen molar-refractivity contribution in [3.63, 3.8) is 0 Å². The molecule has 9 nitrogen and oxygen atoms in total. The van der Waals surface area contributed by atoms with Gasteiger partial charge in [-0.1, -0.05) is 11.6 Å². The van der Waals surface area contributed by atoms with Crippen LogP contribution in [0, 0.1) is 11.6 Å². The van der Waals surface area contributed by atoms with Crippen molar-refractivity contribution in [3.05, 3.63) is 51.8 Å². The number of benzene rings is 1. The number of anilines is 1. The predicted molar refractivity (Wildman–Crippen MR) is 126 cm³/mol. The Kier molecular flexibility index (Phi) is 7.14. The molecule has 0 atom stereocenters. The lowest BCUT2D eigenvalue weighted by Crippen LogP contribution is -2.55. The minimum Gasteiger partial charge on any atom is -0.480 e. The maximum atomic E-state index is 13.6. The first kappa shape index (κ1) is 25.8. The van der Waals surface area contributed by atoms with Gasteiger partial charge in [0.15, 0.2) is 11.6 Å². The Hall–Kier alpha value is -3.31. The topological polar surface area (TPSA) is 121 Å². The molecule has 1 aromatic carbocycles. The van der Waals surface area contributed by atoms with Crippen LogP contribution in [0.2, 0.25) is 5.02 Å². The Morgan fingerprint density at radius 3 is 2.44 bits per heavy atom. The van der Waals surface area contributed by atoms with Gasteiger partial charge in [0.05, 0.1) is 17.1 Å². The first-order valence-electron chi connectivity index (χ1n) is 11.5. The molecule has 1 aromatic heterocycles. The van der Waals surface area contributed by atoms with Crippen LogP contribution in [0.5, 0.6) is 0 Å². The Bertz CT molecular complexity index is 1250. The lowest BCUT2D eigenvalue weighted by Gasteiger charge is -2.39. The van der Waals surface area contributed by atoms with Crippen LogP contribution in [0.3, 0.4) is 0 Å². The van der Waals surface area contributed by atoms with Crippen LogP contribution in [-0.2, 0) is 22.6 Å². The average molecular weight is 523 g/mol. The summed E-state index contributed by atoms with van der Waals surface area (Å²) in [6.07, 6.45) is 2.01. The molecular weight excluding hydrogens is 498 g/mol. The second kappa shape index (κ2) is 9.98. The van der Waals surface area contributed by atoms with Crippen molar-refractivity contribution in [2.75, 3.05) is 25.0 Å². The largest absolute Gasteiger partial charge is 0.480 e. The van der Waals surface area contributed by atoms with E-state index in [4.69, 9.17) is 16.7 Å². The van der Waals surface area contributed by atoms with E-state index in [1.165, 1.54) is 6.07 Å². The summed E-state index contributed by atoms with van der Waals surface area (Å²) >= 11 is 6.47. The fourth-order valence-corrected chi connectivity index (χ4v) is 5.11. The molecule has 4 rings (SSSR count). The third kappa shape index (κ3) is 5.12. The highest BCUT2D eigenvalue weighted by atomic mass is 35.5. The van der Waals surface area contributed by atoms with Crippen molar-refractivity contribution in [1.82, 2.24) is 14.8 Å². The Labute approximate surface area is 210 Å². The summed E-state index contributed by atoms with van der Waals surface area (Å²) in [5.74, 6) is -5.57. The molecule has 0 aliphatic carbocycles. The molecular formula is C24H25ClF2N4O5. The maximum absolute atomic E-state index is 13.6. The fourth-order valence-electron chi connectivity index (χ4n) is 4.72. The number of carbonyl (C=O) groups is 4. The Morgan fingerprint density at radius 1 is 1.11 bits per heavy atom. The molecule has 2 aliphatic rings. The van der Waals surface area contributed by atoms with Crippen molar-refractivity contribution in [1.29, 1.82) is 0 Å². The van der Waals surface area contributed by atoms with Crippen molar-refractivity contribution < 1.29 is 33.1 Å². The van der Waals surface area contributed by atoms with Crippen molar-refractivity contribution in [2.45, 2.75) is 44.7 Å². The summed E-state index contributed by atoms with van der Waals surface area (Å²) in [5, 5.41) is 14.0. The molecule has 2 aliphatic heterocycles. The smallest absolute Gasteiger partial charge is 0.317 e. The third-order valence-corrected chi connectivity index (χ3v) is 7.03. The van der Waals surface area contributed by atoms with Gasteiger partial charge in [-0.25, -0.2) is 8.78 Å². The summed E-state index contributed by atoms with van der Waals surface area (Å²) in [6, 6.07) is 2.91. The van der Waals surface area contributed by atoms with Gasteiger partial charge in [-0.15, -0.1) is 0 Å². The number of nitrogens with one attached hydrogen (secondary N) is 2. The van der Waals surface area contributed by atoms with Crippen molar-refractivity contribution in [3.8, 4) is 0 Å². The molecule has 1 fully saturated rings. The van der Waals surface area contributed by atoms with Crippen LogP contribution >= 0.6 is 11.6 Å². The summed E-state index contributed by atoms with van der Waals surface area (Å²) in [7, 11) is 0. The summed E-state index contributed by atoms with van der Waals surface area (Å²) in [5.41, 5.74) is -0.279. The second-order valence-electron chi connectivity index (χ2n) is 9.34. The first-order chi connectivity index (χ1) is 17.0. The number of carboxylic acids is 1. The number of halogens is 3. The number of fused-ring (bicyclic) bond motifs is 1. The van der Waals surface area contributed by atoms with E-state index in [0.29, 0.717) is 51.0 Å². The number of Topliss-reactive ketones (excluding diaryl/α,β-unsaturated/α-hetero) is 1. The van der Waals surface area contributed by atoms with E-state index in [2.05, 4.69) is 10.6 Å². The number of aromatic nitrogens is 1. The molecule has 192 valence electrons. The minimum atomic E-state index is -1.13. The van der Waals surface area contributed by atoms with Gasteiger partial charge in [-0.3, -0.25) is 24.1 Å². The average Bonchev–Trinajstić information content (AvgIpc) is 3.36. The van der Waals surface area contributed by atoms with Crippen LogP contribution in [0.1, 0.15) is 52.7 Å². The van der Waals surface area contributed by atoms with E-state index in [0.717, 1.165) is 12.1 Å². The first-order valence-corrected chi connectivity index (χ1v) is 11.8. The number of hydrogen-bond donors (Lipinski definition) is 3. The zero-order valence-corrected chi connectivity index (χ0v) is 20.3. The lowest BCUT2D eigenvalue weighted by molar-refractivity contribution is -0.139. The van der Waals surface area contributed by atoms with Gasteiger partial charge in [-0.2, -0.15) is 0 Å². The van der Waals surface area contributed by atoms with Gasteiger partial charge in [0, 0.05) is 42.6 Å². The molecule has 0 unspecified atom stereocenters. The molecule has 0 radical (unpaired) electrons. The second-order valence-corrected chi connectivity index (χ2v) is 9.71. The standard InChI is InChI=1S/C24H25ClF2N4O5/c1-24(6-9-30(10-7-24)12-17(32)33)29-23(36)21(34)20-19(25)18(16-3-2-8-31(16)20)22(35)28-13-4-5-14(26)15(27)11-13/h4-5,11H,2-3,6-10,12H2,1H3,(H,28,35)(H,29,36)(H,32,33). The van der Waals surface area contributed by atoms with Crippen LogP contribution in [0.15, 0.2) is 18.2 Å². The normalized spacial score (nSPS) is 16.9. The minimum absolute atomic E-state index is 0.0145. The Balaban J connectivity index is 1.52. The molecule has 36 heavy (non-hydrogen) atoms. The SMILES string of the molecule is CC1(NC(=O)C(=O)c2c(Cl)c(C(=O)Nc3ccc(F)c(F)c3)c3n2CCC3)CCN(CC(=O)O)CC1. The monoisotopic (exact) mass is 522 g/mol. The van der Waals surface area contributed by atoms with Crippen molar-refractivity contribution in [2.24, 2.45) is 0 Å². The highest BCUT2D eigenvalue weighted by molar-refractivity contribution is 6.48. The van der Waals surface area contributed by atoms with Crippen LogP contribution < -0.4 is 10.6 Å². The summed E-state index contributed by atoms with van der Waals surface area (Å²) in [4.78, 5) is 51.8. The predicted octanol–water partition coefficient (Wildman–Crippen LogP) is 2.86. The summed E-state index contributed by atoms with van der Waals surface area (Å²) in [6.45, 7) is 2.99. The molecule has 1 saturated heterocycles. The molecule has 0 bridgehead atoms. The number of piperidine rings is 1. The van der Waals surface area contributed by atoms with Gasteiger partial charge >= 0.3 is 5.97 Å². The van der Waals surface area contributed by atoms with E-state index >= 15 is 0 Å². The summed E-state index contributed by atoms with van der Waals surface area (Å²) < 4.78 is 28.3. The molecule has 0 saturated carbocycles. The molecule has 2 amide bonds.